The van der Waals surface area contributed by atoms with E-state index in [0.717, 1.165) is 80.3 Å². The number of aromatic nitrogens is 3. The van der Waals surface area contributed by atoms with Gasteiger partial charge in [-0.3, -0.25) is 4.90 Å². The summed E-state index contributed by atoms with van der Waals surface area (Å²) in [5.41, 5.74) is 4.03. The summed E-state index contributed by atoms with van der Waals surface area (Å²) in [5, 5.41) is 14.5. The number of hydrogen-bond acceptors (Lipinski definition) is 7. The summed E-state index contributed by atoms with van der Waals surface area (Å²) in [5.74, 6) is 0.675. The number of amides is 1. The minimum absolute atomic E-state index is 0.196. The van der Waals surface area contributed by atoms with Gasteiger partial charge in [0.15, 0.2) is 0 Å². The summed E-state index contributed by atoms with van der Waals surface area (Å²) in [6, 6.07) is 9.43. The first kappa shape index (κ1) is 30.3. The van der Waals surface area contributed by atoms with E-state index in [4.69, 9.17) is 9.72 Å². The summed E-state index contributed by atoms with van der Waals surface area (Å²) in [7, 11) is 0. The molecular formula is C33H48N6O3. The Morgan fingerprint density at radius 3 is 2.43 bits per heavy atom. The van der Waals surface area contributed by atoms with Crippen LogP contribution in [0, 0.1) is 0 Å². The number of hydrogen-bond donors (Lipinski definition) is 2. The van der Waals surface area contributed by atoms with Gasteiger partial charge in [0.2, 0.25) is 5.95 Å². The Morgan fingerprint density at radius 2 is 1.79 bits per heavy atom. The van der Waals surface area contributed by atoms with E-state index in [9.17, 15) is 9.90 Å². The lowest BCUT2D eigenvalue weighted by Crippen LogP contribution is -2.50. The van der Waals surface area contributed by atoms with Crippen LogP contribution in [0.2, 0.25) is 0 Å². The standard InChI is InChI=1S/C33H48N6O3/c1-6-7-16-34-31-35-21-28-29(22-39(30(28)36-31)26-12-14-27(40)15-13-26)25-10-8-24(9-11-25)23(2)37-17-19-38(20-18-37)32(41)42-33(3,4)5/h8-11,21-23,26-27,40H,6-7,12-20H2,1-5H3,(H,34,35,36)/t23?,26-,27-. The molecule has 1 aromatic carbocycles. The molecule has 9 nitrogen and oxygen atoms in total. The van der Waals surface area contributed by atoms with E-state index in [1.54, 1.807) is 0 Å². The maximum atomic E-state index is 12.5. The number of unbranched alkanes of at least 4 members (excludes halogenated alkanes) is 1. The Bertz CT molecular complexity index is 1330. The topological polar surface area (TPSA) is 95.8 Å². The molecular weight excluding hydrogens is 528 g/mol. The predicted octanol–water partition coefficient (Wildman–Crippen LogP) is 6.40. The Balaban J connectivity index is 1.33. The van der Waals surface area contributed by atoms with Crippen LogP contribution in [0.1, 0.15) is 90.8 Å². The van der Waals surface area contributed by atoms with E-state index in [2.05, 4.69) is 64.1 Å². The molecule has 0 spiro atoms. The van der Waals surface area contributed by atoms with E-state index in [0.29, 0.717) is 25.1 Å². The zero-order valence-electron chi connectivity index (χ0n) is 26.0. The van der Waals surface area contributed by atoms with E-state index < -0.39 is 5.60 Å². The van der Waals surface area contributed by atoms with Crippen LogP contribution in [0.15, 0.2) is 36.7 Å². The fourth-order valence-corrected chi connectivity index (χ4v) is 6.11. The number of carbonyl (C=O) groups excluding carboxylic acids is 1. The molecule has 0 radical (unpaired) electrons. The number of piperazine rings is 1. The lowest BCUT2D eigenvalue weighted by molar-refractivity contribution is 0.0110. The summed E-state index contributed by atoms with van der Waals surface area (Å²) < 4.78 is 7.88. The van der Waals surface area contributed by atoms with E-state index >= 15 is 0 Å². The van der Waals surface area contributed by atoms with Crippen LogP contribution in [-0.2, 0) is 4.74 Å². The third kappa shape index (κ3) is 7.06. The molecule has 1 saturated heterocycles. The Kier molecular flexibility index (Phi) is 9.38. The maximum Gasteiger partial charge on any atom is 0.410 e. The number of fused-ring (bicyclic) bond motifs is 1. The van der Waals surface area contributed by atoms with Gasteiger partial charge in [-0.2, -0.15) is 4.98 Å². The Labute approximate surface area is 250 Å². The third-order valence-corrected chi connectivity index (χ3v) is 8.66. The molecule has 1 aliphatic carbocycles. The predicted molar refractivity (Wildman–Crippen MR) is 168 cm³/mol. The average Bonchev–Trinajstić information content (AvgIpc) is 3.35. The van der Waals surface area contributed by atoms with Crippen LogP contribution >= 0.6 is 0 Å². The normalized spacial score (nSPS) is 21.0. The molecule has 1 unspecified atom stereocenters. The first-order valence-corrected chi connectivity index (χ1v) is 15.7. The molecule has 42 heavy (non-hydrogen) atoms. The second-order valence-electron chi connectivity index (χ2n) is 12.9. The van der Waals surface area contributed by atoms with E-state index in [1.807, 2.05) is 31.9 Å². The number of nitrogens with one attached hydrogen (secondary N) is 1. The van der Waals surface area contributed by atoms with Gasteiger partial charge in [0.1, 0.15) is 11.2 Å². The number of ether oxygens (including phenoxy) is 1. The molecule has 9 heteroatoms. The molecule has 5 rings (SSSR count). The van der Waals surface area contributed by atoms with Gasteiger partial charge in [-0.15, -0.1) is 0 Å². The SMILES string of the molecule is CCCCNc1ncc2c(-c3ccc(C(C)N4CCN(C(=O)OC(C)(C)C)CC4)cc3)cn([C@H]3CC[C@H](O)CC3)c2n1. The van der Waals surface area contributed by atoms with Crippen molar-refractivity contribution in [1.29, 1.82) is 0 Å². The van der Waals surface area contributed by atoms with Crippen LogP contribution < -0.4 is 5.32 Å². The van der Waals surface area contributed by atoms with Crippen molar-refractivity contribution in [1.82, 2.24) is 24.3 Å². The number of aliphatic hydroxyl groups is 1. The van der Waals surface area contributed by atoms with Crippen molar-refractivity contribution in [2.24, 2.45) is 0 Å². The third-order valence-electron chi connectivity index (χ3n) is 8.66. The highest BCUT2D eigenvalue weighted by atomic mass is 16.6. The van der Waals surface area contributed by atoms with Gasteiger partial charge in [-0.1, -0.05) is 37.6 Å². The highest BCUT2D eigenvalue weighted by Crippen LogP contribution is 2.37. The lowest BCUT2D eigenvalue weighted by Gasteiger charge is -2.38. The van der Waals surface area contributed by atoms with Crippen molar-refractivity contribution in [3.05, 3.63) is 42.2 Å². The van der Waals surface area contributed by atoms with Crippen LogP contribution in [0.5, 0.6) is 0 Å². The van der Waals surface area contributed by atoms with Crippen molar-refractivity contribution < 1.29 is 14.6 Å². The van der Waals surface area contributed by atoms with Crippen molar-refractivity contribution in [3.8, 4) is 11.1 Å². The van der Waals surface area contributed by atoms with Crippen LogP contribution in [-0.4, -0.2) is 80.0 Å². The second-order valence-corrected chi connectivity index (χ2v) is 12.9. The Hall–Kier alpha value is -3.17. The highest BCUT2D eigenvalue weighted by molar-refractivity contribution is 5.94. The molecule has 2 aliphatic rings. The first-order valence-electron chi connectivity index (χ1n) is 15.7. The first-order chi connectivity index (χ1) is 20.1. The van der Waals surface area contributed by atoms with Crippen molar-refractivity contribution in [3.63, 3.8) is 0 Å². The fourth-order valence-electron chi connectivity index (χ4n) is 6.11. The molecule has 1 atom stereocenters. The summed E-state index contributed by atoms with van der Waals surface area (Å²) in [6.45, 7) is 14.0. The lowest BCUT2D eigenvalue weighted by atomic mass is 9.93. The summed E-state index contributed by atoms with van der Waals surface area (Å²) >= 11 is 0. The van der Waals surface area contributed by atoms with Crippen molar-refractivity contribution in [2.45, 2.75) is 96.9 Å². The van der Waals surface area contributed by atoms with Gasteiger partial charge in [0, 0.05) is 68.2 Å². The average molecular weight is 577 g/mol. The quantitative estimate of drug-likeness (QED) is 0.300. The number of nitrogens with zero attached hydrogens (tertiary/aromatic N) is 5. The maximum absolute atomic E-state index is 12.5. The monoisotopic (exact) mass is 576 g/mol. The van der Waals surface area contributed by atoms with Gasteiger partial charge in [0.25, 0.3) is 0 Å². The van der Waals surface area contributed by atoms with Crippen LogP contribution in [0.25, 0.3) is 22.2 Å². The molecule has 0 bridgehead atoms. The molecule has 2 N–H and O–H groups in total. The zero-order chi connectivity index (χ0) is 29.9. The molecule has 228 valence electrons. The van der Waals surface area contributed by atoms with Crippen molar-refractivity contribution in [2.75, 3.05) is 38.0 Å². The summed E-state index contributed by atoms with van der Waals surface area (Å²) in [4.78, 5) is 26.4. The molecule has 1 amide bonds. The largest absolute Gasteiger partial charge is 0.444 e. The van der Waals surface area contributed by atoms with Crippen molar-refractivity contribution >= 4 is 23.1 Å². The minimum atomic E-state index is -0.478. The van der Waals surface area contributed by atoms with Gasteiger partial charge < -0.3 is 24.6 Å². The van der Waals surface area contributed by atoms with Crippen LogP contribution in [0.4, 0.5) is 10.7 Å². The van der Waals surface area contributed by atoms with Gasteiger partial charge in [-0.25, -0.2) is 9.78 Å². The number of carbonyl (C=O) groups is 1. The zero-order valence-corrected chi connectivity index (χ0v) is 26.0. The minimum Gasteiger partial charge on any atom is -0.444 e. The molecule has 2 aromatic heterocycles. The molecule has 3 heterocycles. The number of aliphatic hydroxyl groups excluding tert-OH is 1. The van der Waals surface area contributed by atoms with Crippen LogP contribution in [0.3, 0.4) is 0 Å². The molecule has 2 fully saturated rings. The molecule has 1 aliphatic heterocycles. The highest BCUT2D eigenvalue weighted by Gasteiger charge is 2.28. The number of benzene rings is 1. The Morgan fingerprint density at radius 1 is 1.10 bits per heavy atom. The number of rotatable bonds is 8. The smallest absolute Gasteiger partial charge is 0.410 e. The molecule has 3 aromatic rings. The molecule has 1 saturated carbocycles. The van der Waals surface area contributed by atoms with E-state index in [-0.39, 0.29) is 18.2 Å². The fraction of sp³-hybridized carbons (Fsp3) is 0.606. The van der Waals surface area contributed by atoms with E-state index in [1.165, 1.54) is 5.56 Å². The summed E-state index contributed by atoms with van der Waals surface area (Å²) in [6.07, 6.45) is 9.53. The van der Waals surface area contributed by atoms with Gasteiger partial charge >= 0.3 is 6.09 Å². The second kappa shape index (κ2) is 13.0. The van der Waals surface area contributed by atoms with Gasteiger partial charge in [-0.05, 0) is 70.9 Å². The van der Waals surface area contributed by atoms with Gasteiger partial charge in [0.05, 0.1) is 6.10 Å². The number of anilines is 1.